The quantitative estimate of drug-likeness (QED) is 0.170. The van der Waals surface area contributed by atoms with Crippen LogP contribution in [0.3, 0.4) is 0 Å². The van der Waals surface area contributed by atoms with Crippen molar-refractivity contribution in [2.75, 3.05) is 18.1 Å². The third kappa shape index (κ3) is 5.32. The van der Waals surface area contributed by atoms with Crippen LogP contribution in [0, 0.1) is 5.82 Å². The first-order valence-electron chi connectivity index (χ1n) is 5.84. The van der Waals surface area contributed by atoms with E-state index in [0.717, 1.165) is 18.1 Å². The van der Waals surface area contributed by atoms with E-state index < -0.39 is 0 Å². The lowest BCUT2D eigenvalue weighted by molar-refractivity contribution is 0.318. The molecule has 0 atom stereocenters. The Balaban J connectivity index is 2.44. The van der Waals surface area contributed by atoms with Crippen molar-refractivity contribution in [3.05, 3.63) is 47.8 Å². The van der Waals surface area contributed by atoms with E-state index in [4.69, 9.17) is 10.9 Å². The van der Waals surface area contributed by atoms with E-state index in [0.29, 0.717) is 17.7 Å². The van der Waals surface area contributed by atoms with Gasteiger partial charge in [-0.05, 0) is 6.07 Å². The molecule has 0 bridgehead atoms. The molecule has 1 aromatic carbocycles. The molecule has 0 heterocycles. The Bertz CT molecular complexity index is 452. The summed E-state index contributed by atoms with van der Waals surface area (Å²) in [5.74, 6) is 1.41. The highest BCUT2D eigenvalue weighted by atomic mass is 32.2. The molecule has 6 heteroatoms. The van der Waals surface area contributed by atoms with Crippen molar-refractivity contribution in [2.45, 2.75) is 6.54 Å². The summed E-state index contributed by atoms with van der Waals surface area (Å²) in [5.41, 5.74) is 6.31. The molecule has 0 unspecified atom stereocenters. The molecule has 0 aliphatic heterocycles. The molecule has 19 heavy (non-hydrogen) atoms. The first-order valence-corrected chi connectivity index (χ1v) is 7.00. The van der Waals surface area contributed by atoms with Gasteiger partial charge >= 0.3 is 0 Å². The molecule has 1 aromatic rings. The molecule has 4 nitrogen and oxygen atoms in total. The zero-order valence-electron chi connectivity index (χ0n) is 10.6. The fourth-order valence-corrected chi connectivity index (χ4v) is 2.06. The Morgan fingerprint density at radius 1 is 1.58 bits per heavy atom. The minimum Gasteiger partial charge on any atom is -0.409 e. The predicted octanol–water partition coefficient (Wildman–Crippen LogP) is 1.93. The third-order valence-corrected chi connectivity index (χ3v) is 3.40. The number of amidine groups is 1. The Kier molecular flexibility index (Phi) is 6.99. The number of oxime groups is 1. The number of halogens is 1. The molecule has 0 spiro atoms. The number of rotatable bonds is 8. The number of benzene rings is 1. The van der Waals surface area contributed by atoms with Crippen LogP contribution in [0.2, 0.25) is 0 Å². The van der Waals surface area contributed by atoms with Gasteiger partial charge in [-0.3, -0.25) is 0 Å². The largest absolute Gasteiger partial charge is 0.409 e. The summed E-state index contributed by atoms with van der Waals surface area (Å²) < 4.78 is 13.7. The van der Waals surface area contributed by atoms with Crippen LogP contribution < -0.4 is 11.1 Å². The van der Waals surface area contributed by atoms with Gasteiger partial charge in [0.25, 0.3) is 0 Å². The first-order chi connectivity index (χ1) is 9.19. The highest BCUT2D eigenvalue weighted by molar-refractivity contribution is 7.99. The van der Waals surface area contributed by atoms with Crippen molar-refractivity contribution in [3.8, 4) is 0 Å². The standard InChI is InChI=1S/C13H18FN3OS/c1-2-6-19-7-5-16-9-11-4-3-10(8-12(11)14)13(15)17-18/h2-4,8,16,18H,1,5-7,9H2,(H2,15,17). The second-order valence-electron chi connectivity index (χ2n) is 3.83. The molecule has 0 radical (unpaired) electrons. The molecular formula is C13H18FN3OS. The SMILES string of the molecule is C=CCSCCNCc1ccc(/C(N)=N\O)cc1F. The summed E-state index contributed by atoms with van der Waals surface area (Å²) >= 11 is 1.77. The molecule has 0 saturated carbocycles. The summed E-state index contributed by atoms with van der Waals surface area (Å²) in [6.07, 6.45) is 1.86. The third-order valence-electron chi connectivity index (χ3n) is 2.43. The monoisotopic (exact) mass is 283 g/mol. The molecule has 1 rings (SSSR count). The summed E-state index contributed by atoms with van der Waals surface area (Å²) in [6.45, 7) is 4.90. The molecular weight excluding hydrogens is 265 g/mol. The zero-order valence-corrected chi connectivity index (χ0v) is 11.4. The van der Waals surface area contributed by atoms with Crippen LogP contribution in [0.4, 0.5) is 4.39 Å². The fourth-order valence-electron chi connectivity index (χ4n) is 1.44. The average molecular weight is 283 g/mol. The summed E-state index contributed by atoms with van der Waals surface area (Å²) in [5, 5.41) is 14.5. The lowest BCUT2D eigenvalue weighted by Crippen LogP contribution is -2.18. The van der Waals surface area contributed by atoms with Crippen LogP contribution in [0.1, 0.15) is 11.1 Å². The van der Waals surface area contributed by atoms with Crippen molar-refractivity contribution in [2.24, 2.45) is 10.9 Å². The molecule has 0 fully saturated rings. The second kappa shape index (κ2) is 8.55. The maximum absolute atomic E-state index is 13.7. The number of hydrogen-bond acceptors (Lipinski definition) is 4. The highest BCUT2D eigenvalue weighted by Crippen LogP contribution is 2.10. The maximum atomic E-state index is 13.7. The Hall–Kier alpha value is -1.53. The average Bonchev–Trinajstić information content (AvgIpc) is 2.43. The van der Waals surface area contributed by atoms with E-state index in [1.807, 2.05) is 6.08 Å². The molecule has 4 N–H and O–H groups in total. The molecule has 0 aromatic heterocycles. The normalized spacial score (nSPS) is 11.5. The summed E-state index contributed by atoms with van der Waals surface area (Å²) in [6, 6.07) is 4.52. The van der Waals surface area contributed by atoms with Crippen LogP contribution in [0.25, 0.3) is 0 Å². The van der Waals surface area contributed by atoms with E-state index in [1.165, 1.54) is 6.07 Å². The van der Waals surface area contributed by atoms with Gasteiger partial charge in [-0.2, -0.15) is 11.8 Å². The second-order valence-corrected chi connectivity index (χ2v) is 4.98. The van der Waals surface area contributed by atoms with Gasteiger partial charge in [0.15, 0.2) is 5.84 Å². The topological polar surface area (TPSA) is 70.6 Å². The van der Waals surface area contributed by atoms with Crippen LogP contribution in [-0.2, 0) is 6.54 Å². The van der Waals surface area contributed by atoms with E-state index in [2.05, 4.69) is 17.1 Å². The number of nitrogens with one attached hydrogen (secondary N) is 1. The van der Waals surface area contributed by atoms with Crippen molar-refractivity contribution in [1.29, 1.82) is 0 Å². The molecule has 104 valence electrons. The van der Waals surface area contributed by atoms with Crippen molar-refractivity contribution in [3.63, 3.8) is 0 Å². The van der Waals surface area contributed by atoms with Crippen molar-refractivity contribution < 1.29 is 9.60 Å². The van der Waals surface area contributed by atoms with E-state index in [-0.39, 0.29) is 11.7 Å². The van der Waals surface area contributed by atoms with Crippen LogP contribution in [0.15, 0.2) is 36.0 Å². The van der Waals surface area contributed by atoms with Gasteiger partial charge in [0.1, 0.15) is 5.82 Å². The molecule has 0 amide bonds. The lowest BCUT2D eigenvalue weighted by atomic mass is 10.1. The van der Waals surface area contributed by atoms with E-state index >= 15 is 0 Å². The van der Waals surface area contributed by atoms with E-state index in [1.54, 1.807) is 23.9 Å². The smallest absolute Gasteiger partial charge is 0.170 e. The van der Waals surface area contributed by atoms with E-state index in [9.17, 15) is 4.39 Å². The molecule has 0 aliphatic rings. The Morgan fingerprint density at radius 3 is 3.00 bits per heavy atom. The number of nitrogens with zero attached hydrogens (tertiary/aromatic N) is 1. The fraction of sp³-hybridized carbons (Fsp3) is 0.308. The minimum absolute atomic E-state index is 0.0979. The van der Waals surface area contributed by atoms with Gasteiger partial charge in [-0.15, -0.1) is 6.58 Å². The Morgan fingerprint density at radius 2 is 2.37 bits per heavy atom. The maximum Gasteiger partial charge on any atom is 0.170 e. The van der Waals surface area contributed by atoms with Gasteiger partial charge in [-0.1, -0.05) is 23.4 Å². The van der Waals surface area contributed by atoms with Crippen molar-refractivity contribution >= 4 is 17.6 Å². The number of thioether (sulfide) groups is 1. The van der Waals surface area contributed by atoms with Crippen molar-refractivity contribution in [1.82, 2.24) is 5.32 Å². The summed E-state index contributed by atoms with van der Waals surface area (Å²) in [7, 11) is 0. The van der Waals surface area contributed by atoms with Gasteiger partial charge < -0.3 is 16.3 Å². The minimum atomic E-state index is -0.365. The Labute approximate surface area is 116 Å². The van der Waals surface area contributed by atoms with Gasteiger partial charge in [-0.25, -0.2) is 4.39 Å². The molecule has 0 saturated heterocycles. The highest BCUT2D eigenvalue weighted by Gasteiger charge is 2.06. The van der Waals surface area contributed by atoms with Gasteiger partial charge in [0, 0.05) is 35.7 Å². The number of hydrogen-bond donors (Lipinski definition) is 3. The van der Waals surface area contributed by atoms with Crippen LogP contribution >= 0.6 is 11.8 Å². The number of nitrogens with two attached hydrogens (primary N) is 1. The van der Waals surface area contributed by atoms with Crippen LogP contribution in [0.5, 0.6) is 0 Å². The van der Waals surface area contributed by atoms with Crippen LogP contribution in [-0.4, -0.2) is 29.1 Å². The summed E-state index contributed by atoms with van der Waals surface area (Å²) in [4.78, 5) is 0. The predicted molar refractivity (Wildman–Crippen MR) is 78.1 cm³/mol. The van der Waals surface area contributed by atoms with Gasteiger partial charge in [0.2, 0.25) is 0 Å². The zero-order chi connectivity index (χ0) is 14.1. The first kappa shape index (κ1) is 15.5. The molecule has 0 aliphatic carbocycles. The lowest BCUT2D eigenvalue weighted by Gasteiger charge is -2.07. The van der Waals surface area contributed by atoms with Gasteiger partial charge in [0.05, 0.1) is 0 Å².